The van der Waals surface area contributed by atoms with Gasteiger partial charge in [0.05, 0.1) is 5.69 Å². The maximum atomic E-state index is 11.5. The van der Waals surface area contributed by atoms with E-state index in [-0.39, 0.29) is 11.9 Å². The molecule has 0 radical (unpaired) electrons. The fourth-order valence-corrected chi connectivity index (χ4v) is 1.14. The highest BCUT2D eigenvalue weighted by molar-refractivity contribution is 5.96. The third-order valence-corrected chi connectivity index (χ3v) is 1.68. The molecule has 0 aliphatic rings. The molecule has 1 heterocycles. The number of hydrogen-bond donors (Lipinski definition) is 1. The summed E-state index contributed by atoms with van der Waals surface area (Å²) in [6.07, 6.45) is 0. The molecule has 1 N–H and O–H groups in total. The van der Waals surface area contributed by atoms with Crippen molar-refractivity contribution in [1.82, 2.24) is 10.5 Å². The lowest BCUT2D eigenvalue weighted by atomic mass is 10.2. The van der Waals surface area contributed by atoms with Gasteiger partial charge in [-0.15, -0.1) is 0 Å². The summed E-state index contributed by atoms with van der Waals surface area (Å²) in [7, 11) is 0. The van der Waals surface area contributed by atoms with E-state index in [1.165, 1.54) is 0 Å². The number of carbonyl (C=O) groups excluding carboxylic acids is 1. The summed E-state index contributed by atoms with van der Waals surface area (Å²) in [6, 6.07) is 0.126. The Bertz CT molecular complexity index is 296. The van der Waals surface area contributed by atoms with E-state index in [1.807, 2.05) is 13.8 Å². The lowest BCUT2D eigenvalue weighted by molar-refractivity contribution is 0.0941. The summed E-state index contributed by atoms with van der Waals surface area (Å²) in [5.41, 5.74) is 1.18. The zero-order valence-electron chi connectivity index (χ0n) is 8.34. The predicted molar refractivity (Wildman–Crippen MR) is 48.6 cm³/mol. The molecule has 1 rings (SSSR count). The van der Waals surface area contributed by atoms with Crippen LogP contribution in [0.5, 0.6) is 0 Å². The predicted octanol–water partition coefficient (Wildman–Crippen LogP) is 1.43. The summed E-state index contributed by atoms with van der Waals surface area (Å²) in [5.74, 6) is 0.446. The Labute approximate surface area is 77.3 Å². The molecule has 0 saturated carbocycles. The van der Waals surface area contributed by atoms with Crippen LogP contribution in [0.3, 0.4) is 0 Å². The number of carbonyl (C=O) groups is 1. The zero-order chi connectivity index (χ0) is 10.0. The van der Waals surface area contributed by atoms with Crippen LogP contribution < -0.4 is 5.32 Å². The SMILES string of the molecule is Cc1noc(C)c1C(=O)NC(C)C. The fraction of sp³-hybridized carbons (Fsp3) is 0.556. The van der Waals surface area contributed by atoms with Gasteiger partial charge in [0.1, 0.15) is 11.3 Å². The second-order valence-electron chi connectivity index (χ2n) is 3.33. The molecular formula is C9H14N2O2. The molecule has 0 bridgehead atoms. The van der Waals surface area contributed by atoms with Gasteiger partial charge in [0.15, 0.2) is 0 Å². The topological polar surface area (TPSA) is 55.1 Å². The third-order valence-electron chi connectivity index (χ3n) is 1.68. The molecule has 0 unspecified atom stereocenters. The monoisotopic (exact) mass is 182 g/mol. The number of aryl methyl sites for hydroxylation is 2. The Balaban J connectivity index is 2.88. The smallest absolute Gasteiger partial charge is 0.256 e. The minimum absolute atomic E-state index is 0.119. The largest absolute Gasteiger partial charge is 0.361 e. The van der Waals surface area contributed by atoms with Gasteiger partial charge in [-0.1, -0.05) is 5.16 Å². The van der Waals surface area contributed by atoms with Crippen LogP contribution in [0.25, 0.3) is 0 Å². The zero-order valence-corrected chi connectivity index (χ0v) is 8.34. The van der Waals surface area contributed by atoms with Crippen LogP contribution in [0.1, 0.15) is 35.7 Å². The quantitative estimate of drug-likeness (QED) is 0.752. The summed E-state index contributed by atoms with van der Waals surface area (Å²) < 4.78 is 4.89. The number of amides is 1. The number of hydrogen-bond acceptors (Lipinski definition) is 3. The van der Waals surface area contributed by atoms with Gasteiger partial charge in [-0.2, -0.15) is 0 Å². The molecule has 1 aromatic heterocycles. The average molecular weight is 182 g/mol. The van der Waals surface area contributed by atoms with Crippen molar-refractivity contribution in [3.05, 3.63) is 17.0 Å². The molecule has 13 heavy (non-hydrogen) atoms. The Kier molecular flexibility index (Phi) is 2.70. The average Bonchev–Trinajstić information content (AvgIpc) is 2.29. The van der Waals surface area contributed by atoms with E-state index in [0.29, 0.717) is 17.0 Å². The Morgan fingerprint density at radius 1 is 1.46 bits per heavy atom. The van der Waals surface area contributed by atoms with Crippen molar-refractivity contribution in [3.8, 4) is 0 Å². The Hall–Kier alpha value is -1.32. The van der Waals surface area contributed by atoms with Crippen molar-refractivity contribution in [2.24, 2.45) is 0 Å². The molecule has 1 aromatic rings. The molecule has 1 amide bonds. The standard InChI is InChI=1S/C9H14N2O2/c1-5(2)10-9(12)8-6(3)11-13-7(8)4/h5H,1-4H3,(H,10,12). The first-order valence-corrected chi connectivity index (χ1v) is 4.26. The minimum Gasteiger partial charge on any atom is -0.361 e. The third kappa shape index (κ3) is 2.08. The summed E-state index contributed by atoms with van der Waals surface area (Å²) >= 11 is 0. The van der Waals surface area contributed by atoms with Crippen molar-refractivity contribution in [2.45, 2.75) is 33.7 Å². The Morgan fingerprint density at radius 3 is 2.46 bits per heavy atom. The number of aromatic nitrogens is 1. The number of rotatable bonds is 2. The fourth-order valence-electron chi connectivity index (χ4n) is 1.14. The number of nitrogens with zero attached hydrogens (tertiary/aromatic N) is 1. The van der Waals surface area contributed by atoms with E-state index in [2.05, 4.69) is 10.5 Å². The van der Waals surface area contributed by atoms with Gasteiger partial charge in [0, 0.05) is 6.04 Å². The molecule has 0 aromatic carbocycles. The van der Waals surface area contributed by atoms with Crippen molar-refractivity contribution >= 4 is 5.91 Å². The van der Waals surface area contributed by atoms with Crippen molar-refractivity contribution in [2.75, 3.05) is 0 Å². The van der Waals surface area contributed by atoms with Crippen LogP contribution in [0.4, 0.5) is 0 Å². The molecule has 0 aliphatic carbocycles. The van der Waals surface area contributed by atoms with Gasteiger partial charge in [-0.3, -0.25) is 4.79 Å². The summed E-state index contributed by atoms with van der Waals surface area (Å²) in [6.45, 7) is 7.31. The maximum Gasteiger partial charge on any atom is 0.256 e. The lowest BCUT2D eigenvalue weighted by Gasteiger charge is -2.06. The second-order valence-corrected chi connectivity index (χ2v) is 3.33. The van der Waals surface area contributed by atoms with Crippen LogP contribution >= 0.6 is 0 Å². The highest BCUT2D eigenvalue weighted by Crippen LogP contribution is 2.11. The van der Waals surface area contributed by atoms with Gasteiger partial charge in [0.2, 0.25) is 0 Å². The van der Waals surface area contributed by atoms with Gasteiger partial charge in [0.25, 0.3) is 5.91 Å². The molecule has 0 aliphatic heterocycles. The van der Waals surface area contributed by atoms with Gasteiger partial charge < -0.3 is 9.84 Å². The van der Waals surface area contributed by atoms with E-state index in [4.69, 9.17) is 4.52 Å². The Morgan fingerprint density at radius 2 is 2.08 bits per heavy atom. The van der Waals surface area contributed by atoms with Crippen LogP contribution in [0, 0.1) is 13.8 Å². The van der Waals surface area contributed by atoms with Gasteiger partial charge >= 0.3 is 0 Å². The summed E-state index contributed by atoms with van der Waals surface area (Å²) in [5, 5.41) is 6.50. The van der Waals surface area contributed by atoms with Crippen LogP contribution in [-0.4, -0.2) is 17.1 Å². The molecule has 72 valence electrons. The van der Waals surface area contributed by atoms with Crippen molar-refractivity contribution < 1.29 is 9.32 Å². The van der Waals surface area contributed by atoms with E-state index < -0.39 is 0 Å². The van der Waals surface area contributed by atoms with E-state index in [1.54, 1.807) is 13.8 Å². The first-order valence-electron chi connectivity index (χ1n) is 4.26. The lowest BCUT2D eigenvalue weighted by Crippen LogP contribution is -2.30. The van der Waals surface area contributed by atoms with Crippen LogP contribution in [0.15, 0.2) is 4.52 Å². The number of nitrogens with one attached hydrogen (secondary N) is 1. The van der Waals surface area contributed by atoms with Gasteiger partial charge in [-0.25, -0.2) is 0 Å². The minimum atomic E-state index is -0.119. The van der Waals surface area contributed by atoms with E-state index >= 15 is 0 Å². The molecule has 4 heteroatoms. The normalized spacial score (nSPS) is 10.5. The van der Waals surface area contributed by atoms with E-state index in [0.717, 1.165) is 0 Å². The molecule has 0 fully saturated rings. The first kappa shape index (κ1) is 9.77. The molecular weight excluding hydrogens is 168 g/mol. The molecule has 0 saturated heterocycles. The van der Waals surface area contributed by atoms with Crippen LogP contribution in [0.2, 0.25) is 0 Å². The molecule has 4 nitrogen and oxygen atoms in total. The van der Waals surface area contributed by atoms with Crippen molar-refractivity contribution in [3.63, 3.8) is 0 Å². The first-order chi connectivity index (χ1) is 6.02. The highest BCUT2D eigenvalue weighted by Gasteiger charge is 2.17. The maximum absolute atomic E-state index is 11.5. The summed E-state index contributed by atoms with van der Waals surface area (Å²) in [4.78, 5) is 11.5. The molecule has 0 atom stereocenters. The highest BCUT2D eigenvalue weighted by atomic mass is 16.5. The van der Waals surface area contributed by atoms with Crippen molar-refractivity contribution in [1.29, 1.82) is 0 Å². The molecule has 0 spiro atoms. The van der Waals surface area contributed by atoms with E-state index in [9.17, 15) is 4.79 Å². The van der Waals surface area contributed by atoms with Crippen LogP contribution in [-0.2, 0) is 0 Å². The second kappa shape index (κ2) is 3.60. The van der Waals surface area contributed by atoms with Gasteiger partial charge in [-0.05, 0) is 27.7 Å².